The highest BCUT2D eigenvalue weighted by Crippen LogP contribution is 2.69. The first-order valence-electron chi connectivity index (χ1n) is 12.0. The Labute approximate surface area is 225 Å². The highest BCUT2D eigenvalue weighted by Gasteiger charge is 2.78. The van der Waals surface area contributed by atoms with Gasteiger partial charge in [-0.05, 0) is 30.4 Å². The maximum Gasteiger partial charge on any atom is 0.320 e. The third kappa shape index (κ3) is 4.46. The zero-order valence-corrected chi connectivity index (χ0v) is 21.8. The van der Waals surface area contributed by atoms with Crippen molar-refractivity contribution in [3.05, 3.63) is 34.3 Å². The third-order valence-electron chi connectivity index (χ3n) is 6.97. The Balaban J connectivity index is 1.63. The Hall–Kier alpha value is -4.13. The van der Waals surface area contributed by atoms with E-state index in [1.54, 1.807) is 17.7 Å². The third-order valence-corrected chi connectivity index (χ3v) is 7.76. The number of hydrogen-bond donors (Lipinski definition) is 4. The molecule has 2 aliphatic rings. The first-order chi connectivity index (χ1) is 18.8. The lowest BCUT2D eigenvalue weighted by molar-refractivity contribution is -0.172. The van der Waals surface area contributed by atoms with Crippen molar-refractivity contribution in [1.82, 2.24) is 24.8 Å². The van der Waals surface area contributed by atoms with Crippen LogP contribution >= 0.6 is 11.3 Å². The van der Waals surface area contributed by atoms with Crippen molar-refractivity contribution in [2.24, 2.45) is 22.8 Å². The van der Waals surface area contributed by atoms with E-state index >= 15 is 0 Å². The standard InChI is InChI=1S/C24H25FN8O5S/c1-28-21-17-22(32-14(31-21)6-4-11-3-5-13(25)39-11)33(10-30-17)18-12-7-24(12,23(36)29-2)20(38-16(35)9-27)19(18)37-15(34)8-26/h3,5,10,12,18-20H,7-9,26-27H2,1-2H3,(H,29,36)(H,28,31,32)/t12?,18?,19-,20-,24?/m0/s1. The van der Waals surface area contributed by atoms with E-state index < -0.39 is 54.6 Å². The summed E-state index contributed by atoms with van der Waals surface area (Å²) in [5, 5.41) is 5.24. The van der Waals surface area contributed by atoms with E-state index in [9.17, 15) is 18.8 Å². The molecule has 0 bridgehead atoms. The Bertz CT molecular complexity index is 1530. The molecule has 2 saturated carbocycles. The van der Waals surface area contributed by atoms with E-state index in [1.807, 2.05) is 0 Å². The fourth-order valence-corrected chi connectivity index (χ4v) is 5.88. The summed E-state index contributed by atoms with van der Waals surface area (Å²) in [5.41, 5.74) is 10.6. The second kappa shape index (κ2) is 10.2. The number of anilines is 1. The average Bonchev–Trinajstić information content (AvgIpc) is 3.17. The summed E-state index contributed by atoms with van der Waals surface area (Å²) in [7, 11) is 3.14. The number of hydrogen-bond acceptors (Lipinski definition) is 12. The van der Waals surface area contributed by atoms with Crippen LogP contribution in [0.1, 0.15) is 23.2 Å². The topological polar surface area (TPSA) is 189 Å². The van der Waals surface area contributed by atoms with Crippen molar-refractivity contribution in [2.75, 3.05) is 32.5 Å². The molecule has 204 valence electrons. The molecule has 2 aliphatic carbocycles. The molecule has 5 atom stereocenters. The van der Waals surface area contributed by atoms with Gasteiger partial charge in [-0.3, -0.25) is 14.4 Å². The maximum atomic E-state index is 13.4. The maximum absolute atomic E-state index is 13.4. The van der Waals surface area contributed by atoms with Gasteiger partial charge in [-0.15, -0.1) is 0 Å². The molecular weight excluding hydrogens is 531 g/mol. The molecule has 2 fully saturated rings. The number of rotatable bonds is 7. The lowest BCUT2D eigenvalue weighted by Crippen LogP contribution is -2.47. The molecule has 39 heavy (non-hydrogen) atoms. The molecule has 3 unspecified atom stereocenters. The molecule has 15 heteroatoms. The predicted octanol–water partition coefficient (Wildman–Crippen LogP) is -0.484. The molecule has 5 rings (SSSR count). The number of esters is 2. The van der Waals surface area contributed by atoms with E-state index in [-0.39, 0.29) is 16.9 Å². The minimum absolute atomic E-state index is 0.135. The summed E-state index contributed by atoms with van der Waals surface area (Å²) in [4.78, 5) is 51.7. The number of amides is 1. The van der Waals surface area contributed by atoms with Gasteiger partial charge in [0.2, 0.25) is 11.7 Å². The molecule has 13 nitrogen and oxygen atoms in total. The zero-order chi connectivity index (χ0) is 27.9. The van der Waals surface area contributed by atoms with E-state index in [2.05, 4.69) is 37.4 Å². The van der Waals surface area contributed by atoms with Crippen molar-refractivity contribution in [2.45, 2.75) is 24.7 Å². The number of ether oxygens (including phenoxy) is 2. The lowest BCUT2D eigenvalue weighted by Gasteiger charge is -2.30. The van der Waals surface area contributed by atoms with Crippen LogP contribution in [0.15, 0.2) is 18.5 Å². The van der Waals surface area contributed by atoms with Gasteiger partial charge < -0.3 is 36.1 Å². The zero-order valence-electron chi connectivity index (χ0n) is 20.9. The first-order valence-corrected chi connectivity index (χ1v) is 12.8. The molecule has 0 aliphatic heterocycles. The second-order valence-corrected chi connectivity index (χ2v) is 10.1. The van der Waals surface area contributed by atoms with Gasteiger partial charge >= 0.3 is 11.9 Å². The molecule has 3 aromatic heterocycles. The summed E-state index contributed by atoms with van der Waals surface area (Å²) in [6.45, 7) is -0.839. The number of nitrogens with two attached hydrogens (primary N) is 2. The van der Waals surface area contributed by atoms with Crippen LogP contribution in [-0.4, -0.2) is 76.8 Å². The van der Waals surface area contributed by atoms with Crippen LogP contribution in [-0.2, 0) is 23.9 Å². The van der Waals surface area contributed by atoms with Crippen LogP contribution in [0.25, 0.3) is 11.2 Å². The minimum atomic E-state index is -1.15. The molecule has 3 heterocycles. The van der Waals surface area contributed by atoms with E-state index in [0.29, 0.717) is 28.3 Å². The van der Waals surface area contributed by atoms with E-state index in [4.69, 9.17) is 20.9 Å². The summed E-state index contributed by atoms with van der Waals surface area (Å²) >= 11 is 0.895. The summed E-state index contributed by atoms with van der Waals surface area (Å²) in [6, 6.07) is 2.18. The predicted molar refractivity (Wildman–Crippen MR) is 137 cm³/mol. The van der Waals surface area contributed by atoms with E-state index in [1.165, 1.54) is 19.4 Å². The quantitative estimate of drug-likeness (QED) is 0.217. The SMILES string of the molecule is CNC(=O)C12CC1C(n1cnc3c(NC)nc(C#Cc4ccc(F)s4)nc31)[C@H](OC(=O)CN)[C@@H]2OC(=O)CN. The van der Waals surface area contributed by atoms with Gasteiger partial charge in [0.25, 0.3) is 0 Å². The minimum Gasteiger partial charge on any atom is -0.456 e. The molecule has 6 N–H and O–H groups in total. The summed E-state index contributed by atoms with van der Waals surface area (Å²) in [5.74, 6) is 3.96. The molecule has 0 spiro atoms. The number of carbonyl (C=O) groups excluding carboxylic acids is 3. The molecular formula is C24H25FN8O5S. The highest BCUT2D eigenvalue weighted by molar-refractivity contribution is 7.10. The van der Waals surface area contributed by atoms with Crippen molar-refractivity contribution in [3.63, 3.8) is 0 Å². The highest BCUT2D eigenvalue weighted by atomic mass is 32.1. The van der Waals surface area contributed by atoms with Crippen LogP contribution in [0, 0.1) is 28.3 Å². The van der Waals surface area contributed by atoms with Gasteiger partial charge in [0.1, 0.15) is 0 Å². The van der Waals surface area contributed by atoms with Crippen LogP contribution in [0.3, 0.4) is 0 Å². The number of nitrogens with zero attached hydrogens (tertiary/aromatic N) is 4. The van der Waals surface area contributed by atoms with E-state index in [0.717, 1.165) is 11.3 Å². The van der Waals surface area contributed by atoms with Gasteiger partial charge in [-0.25, -0.2) is 15.0 Å². The first kappa shape index (κ1) is 26.5. The number of imidazole rings is 1. The lowest BCUT2D eigenvalue weighted by atomic mass is 9.97. The van der Waals surface area contributed by atoms with Crippen molar-refractivity contribution in [3.8, 4) is 11.8 Å². The number of carbonyl (C=O) groups is 3. The largest absolute Gasteiger partial charge is 0.456 e. The number of nitrogens with one attached hydrogen (secondary N) is 2. The second-order valence-electron chi connectivity index (χ2n) is 9.02. The molecule has 3 aromatic rings. The van der Waals surface area contributed by atoms with Crippen molar-refractivity contribution in [1.29, 1.82) is 0 Å². The Morgan fingerprint density at radius 3 is 2.56 bits per heavy atom. The summed E-state index contributed by atoms with van der Waals surface area (Å²) < 4.78 is 26.4. The van der Waals surface area contributed by atoms with Crippen LogP contribution in [0.2, 0.25) is 0 Å². The Morgan fingerprint density at radius 1 is 1.18 bits per heavy atom. The summed E-state index contributed by atoms with van der Waals surface area (Å²) in [6.07, 6.45) is -0.340. The molecule has 0 aromatic carbocycles. The smallest absolute Gasteiger partial charge is 0.320 e. The van der Waals surface area contributed by atoms with Crippen molar-refractivity contribution < 1.29 is 28.2 Å². The number of thiophene rings is 1. The van der Waals surface area contributed by atoms with Crippen molar-refractivity contribution >= 4 is 46.2 Å². The number of halogens is 1. The normalized spacial score (nSPS) is 24.8. The van der Waals surface area contributed by atoms with Gasteiger partial charge in [-0.1, -0.05) is 11.3 Å². The Kier molecular flexibility index (Phi) is 6.93. The van der Waals surface area contributed by atoms with Gasteiger partial charge in [-0.2, -0.15) is 4.39 Å². The Morgan fingerprint density at radius 2 is 1.92 bits per heavy atom. The number of fused-ring (bicyclic) bond motifs is 2. The van der Waals surface area contributed by atoms with Crippen LogP contribution < -0.4 is 22.1 Å². The fraction of sp³-hybridized carbons (Fsp3) is 0.417. The fourth-order valence-electron chi connectivity index (χ4n) is 5.29. The molecule has 0 radical (unpaired) electrons. The van der Waals surface area contributed by atoms with Crippen LogP contribution in [0.4, 0.5) is 10.2 Å². The molecule has 0 saturated heterocycles. The monoisotopic (exact) mass is 556 g/mol. The van der Waals surface area contributed by atoms with Gasteiger partial charge in [0.15, 0.2) is 34.3 Å². The van der Waals surface area contributed by atoms with Crippen LogP contribution in [0.5, 0.6) is 0 Å². The molecule has 1 amide bonds. The number of aromatic nitrogens is 4. The average molecular weight is 557 g/mol. The van der Waals surface area contributed by atoms with Gasteiger partial charge in [0.05, 0.1) is 35.8 Å². The van der Waals surface area contributed by atoms with Gasteiger partial charge in [0, 0.05) is 20.0 Å².